The normalized spacial score (nSPS) is 12.8. The molecule has 0 unspecified atom stereocenters. The first-order valence-corrected chi connectivity index (χ1v) is 5.67. The van der Waals surface area contributed by atoms with E-state index < -0.39 is 0 Å². The molecule has 1 atom stereocenters. The van der Waals surface area contributed by atoms with E-state index >= 15 is 0 Å². The number of benzene rings is 1. The summed E-state index contributed by atoms with van der Waals surface area (Å²) in [6, 6.07) is 10.3. The lowest BCUT2D eigenvalue weighted by molar-refractivity contribution is 0.167. The van der Waals surface area contributed by atoms with Gasteiger partial charge in [0.1, 0.15) is 0 Å². The summed E-state index contributed by atoms with van der Waals surface area (Å²) in [5.41, 5.74) is 0. The molecule has 0 radical (unpaired) electrons. The Labute approximate surface area is 84.2 Å². The number of aliphatic hydroxyl groups is 1. The SMILES string of the molecule is CC[C@H](O)CCSc1ccccc1. The minimum absolute atomic E-state index is 0.129. The van der Waals surface area contributed by atoms with Crippen molar-refractivity contribution in [2.24, 2.45) is 0 Å². The zero-order chi connectivity index (χ0) is 9.52. The quantitative estimate of drug-likeness (QED) is 0.731. The van der Waals surface area contributed by atoms with Crippen LogP contribution in [0, 0.1) is 0 Å². The molecule has 13 heavy (non-hydrogen) atoms. The molecule has 0 heterocycles. The Morgan fingerprint density at radius 1 is 1.31 bits per heavy atom. The monoisotopic (exact) mass is 196 g/mol. The van der Waals surface area contributed by atoms with Crippen molar-refractivity contribution >= 4 is 11.8 Å². The molecule has 2 heteroatoms. The number of thioether (sulfide) groups is 1. The van der Waals surface area contributed by atoms with Crippen LogP contribution in [0.1, 0.15) is 19.8 Å². The van der Waals surface area contributed by atoms with Crippen molar-refractivity contribution < 1.29 is 5.11 Å². The third-order valence-electron chi connectivity index (χ3n) is 1.93. The molecule has 1 nitrogen and oxygen atoms in total. The molecule has 1 rings (SSSR count). The zero-order valence-corrected chi connectivity index (χ0v) is 8.76. The van der Waals surface area contributed by atoms with Gasteiger partial charge in [-0.15, -0.1) is 11.8 Å². The van der Waals surface area contributed by atoms with Gasteiger partial charge in [0.2, 0.25) is 0 Å². The summed E-state index contributed by atoms with van der Waals surface area (Å²) < 4.78 is 0. The highest BCUT2D eigenvalue weighted by Crippen LogP contribution is 2.18. The van der Waals surface area contributed by atoms with Crippen molar-refractivity contribution in [3.8, 4) is 0 Å². The van der Waals surface area contributed by atoms with Gasteiger partial charge in [-0.25, -0.2) is 0 Å². The van der Waals surface area contributed by atoms with Crippen LogP contribution in [-0.4, -0.2) is 17.0 Å². The van der Waals surface area contributed by atoms with E-state index in [1.807, 2.05) is 25.1 Å². The number of rotatable bonds is 5. The molecular formula is C11H16OS. The van der Waals surface area contributed by atoms with Crippen molar-refractivity contribution in [3.05, 3.63) is 30.3 Å². The second-order valence-corrected chi connectivity index (χ2v) is 4.18. The lowest BCUT2D eigenvalue weighted by atomic mass is 10.2. The van der Waals surface area contributed by atoms with E-state index in [0.717, 1.165) is 18.6 Å². The zero-order valence-electron chi connectivity index (χ0n) is 7.94. The lowest BCUT2D eigenvalue weighted by Crippen LogP contribution is -2.04. The summed E-state index contributed by atoms with van der Waals surface area (Å²) in [7, 11) is 0. The van der Waals surface area contributed by atoms with Crippen LogP contribution in [0.5, 0.6) is 0 Å². The summed E-state index contributed by atoms with van der Waals surface area (Å²) in [5, 5.41) is 9.32. The largest absolute Gasteiger partial charge is 0.393 e. The van der Waals surface area contributed by atoms with Crippen molar-refractivity contribution in [2.45, 2.75) is 30.8 Å². The van der Waals surface area contributed by atoms with E-state index in [2.05, 4.69) is 12.1 Å². The summed E-state index contributed by atoms with van der Waals surface area (Å²) in [4.78, 5) is 1.28. The van der Waals surface area contributed by atoms with Crippen LogP contribution in [0.4, 0.5) is 0 Å². The van der Waals surface area contributed by atoms with E-state index in [-0.39, 0.29) is 6.10 Å². The maximum atomic E-state index is 9.32. The van der Waals surface area contributed by atoms with Gasteiger partial charge in [-0.1, -0.05) is 25.1 Å². The molecule has 0 amide bonds. The number of hydrogen-bond acceptors (Lipinski definition) is 2. The van der Waals surface area contributed by atoms with Gasteiger partial charge in [-0.05, 0) is 25.0 Å². The first kappa shape index (κ1) is 10.6. The maximum absolute atomic E-state index is 9.32. The van der Waals surface area contributed by atoms with Crippen LogP contribution in [0.3, 0.4) is 0 Å². The molecule has 0 aromatic heterocycles. The van der Waals surface area contributed by atoms with Crippen molar-refractivity contribution in [1.29, 1.82) is 0 Å². The Morgan fingerprint density at radius 3 is 2.62 bits per heavy atom. The van der Waals surface area contributed by atoms with Gasteiger partial charge in [0.15, 0.2) is 0 Å². The van der Waals surface area contributed by atoms with Crippen LogP contribution in [0.25, 0.3) is 0 Å². The average molecular weight is 196 g/mol. The lowest BCUT2D eigenvalue weighted by Gasteiger charge is -2.06. The molecule has 0 spiro atoms. The van der Waals surface area contributed by atoms with Gasteiger partial charge in [-0.2, -0.15) is 0 Å². The van der Waals surface area contributed by atoms with Gasteiger partial charge in [0, 0.05) is 10.6 Å². The number of aliphatic hydroxyl groups excluding tert-OH is 1. The Balaban J connectivity index is 2.20. The smallest absolute Gasteiger partial charge is 0.0545 e. The molecule has 0 aliphatic heterocycles. The number of hydrogen-bond donors (Lipinski definition) is 1. The summed E-state index contributed by atoms with van der Waals surface area (Å²) >= 11 is 1.80. The Bertz CT molecular complexity index is 223. The predicted octanol–water partition coefficient (Wildman–Crippen LogP) is 2.94. The molecule has 1 aromatic rings. The van der Waals surface area contributed by atoms with Crippen LogP contribution < -0.4 is 0 Å². The van der Waals surface area contributed by atoms with E-state index in [0.29, 0.717) is 0 Å². The van der Waals surface area contributed by atoms with Crippen LogP contribution in [-0.2, 0) is 0 Å². The highest BCUT2D eigenvalue weighted by atomic mass is 32.2. The van der Waals surface area contributed by atoms with Crippen LogP contribution in [0.2, 0.25) is 0 Å². The summed E-state index contributed by atoms with van der Waals surface area (Å²) in [5.74, 6) is 0.999. The molecule has 0 bridgehead atoms. The molecule has 0 saturated carbocycles. The highest BCUT2D eigenvalue weighted by molar-refractivity contribution is 7.99. The van der Waals surface area contributed by atoms with E-state index in [4.69, 9.17) is 0 Å². The first-order valence-electron chi connectivity index (χ1n) is 4.69. The highest BCUT2D eigenvalue weighted by Gasteiger charge is 2.00. The van der Waals surface area contributed by atoms with Crippen LogP contribution >= 0.6 is 11.8 Å². The molecule has 0 aliphatic carbocycles. The summed E-state index contributed by atoms with van der Waals surface area (Å²) in [6.45, 7) is 2.01. The van der Waals surface area contributed by atoms with Crippen LogP contribution in [0.15, 0.2) is 35.2 Å². The van der Waals surface area contributed by atoms with Crippen molar-refractivity contribution in [1.82, 2.24) is 0 Å². The fourth-order valence-corrected chi connectivity index (χ4v) is 2.01. The minimum atomic E-state index is -0.129. The molecule has 1 N–H and O–H groups in total. The molecular weight excluding hydrogens is 180 g/mol. The van der Waals surface area contributed by atoms with E-state index in [1.54, 1.807) is 11.8 Å². The molecule has 1 aromatic carbocycles. The first-order chi connectivity index (χ1) is 6.33. The van der Waals surface area contributed by atoms with Crippen molar-refractivity contribution in [3.63, 3.8) is 0 Å². The Hall–Kier alpha value is -0.470. The van der Waals surface area contributed by atoms with Crippen molar-refractivity contribution in [2.75, 3.05) is 5.75 Å². The maximum Gasteiger partial charge on any atom is 0.0545 e. The van der Waals surface area contributed by atoms with Gasteiger partial charge in [-0.3, -0.25) is 0 Å². The van der Waals surface area contributed by atoms with Gasteiger partial charge >= 0.3 is 0 Å². The fraction of sp³-hybridized carbons (Fsp3) is 0.455. The molecule has 0 aliphatic rings. The summed E-state index contributed by atoms with van der Waals surface area (Å²) in [6.07, 6.45) is 1.61. The second-order valence-electron chi connectivity index (χ2n) is 3.01. The fourth-order valence-electron chi connectivity index (χ4n) is 1.03. The minimum Gasteiger partial charge on any atom is -0.393 e. The van der Waals surface area contributed by atoms with Gasteiger partial charge in [0.25, 0.3) is 0 Å². The Kier molecular flexibility index (Phi) is 4.94. The van der Waals surface area contributed by atoms with E-state index in [1.165, 1.54) is 4.90 Å². The molecule has 72 valence electrons. The van der Waals surface area contributed by atoms with Gasteiger partial charge < -0.3 is 5.11 Å². The Morgan fingerprint density at radius 2 is 2.00 bits per heavy atom. The third kappa shape index (κ3) is 4.34. The van der Waals surface area contributed by atoms with Gasteiger partial charge in [0.05, 0.1) is 6.10 Å². The van der Waals surface area contributed by atoms with E-state index in [9.17, 15) is 5.11 Å². The standard InChI is InChI=1S/C11H16OS/c1-2-10(12)8-9-13-11-6-4-3-5-7-11/h3-7,10,12H,2,8-9H2,1H3/t10-/m0/s1. The second kappa shape index (κ2) is 6.06. The predicted molar refractivity (Wildman–Crippen MR) is 58.1 cm³/mol. The third-order valence-corrected chi connectivity index (χ3v) is 2.98. The molecule has 0 saturated heterocycles. The molecule has 0 fully saturated rings. The average Bonchev–Trinajstić information content (AvgIpc) is 2.19. The topological polar surface area (TPSA) is 20.2 Å².